The smallest absolute Gasteiger partial charge is 0.235 e. The molecule has 1 amide bonds. The summed E-state index contributed by atoms with van der Waals surface area (Å²) in [5, 5.41) is 3.09. The van der Waals surface area contributed by atoms with Gasteiger partial charge in [0.05, 0.1) is 5.41 Å². The van der Waals surface area contributed by atoms with Crippen LogP contribution in [0.2, 0.25) is 0 Å². The summed E-state index contributed by atoms with van der Waals surface area (Å²) in [6, 6.07) is 14.0. The van der Waals surface area contributed by atoms with Crippen LogP contribution in [0.4, 0.5) is 10.1 Å². The molecule has 1 saturated carbocycles. The zero-order valence-electron chi connectivity index (χ0n) is 19.3. The van der Waals surface area contributed by atoms with E-state index in [4.69, 9.17) is 4.74 Å². The highest BCUT2D eigenvalue weighted by Gasteiger charge is 2.42. The fourth-order valence-corrected chi connectivity index (χ4v) is 5.55. The van der Waals surface area contributed by atoms with E-state index in [2.05, 4.69) is 24.1 Å². The van der Waals surface area contributed by atoms with Gasteiger partial charge in [-0.25, -0.2) is 4.39 Å². The molecule has 0 spiro atoms. The van der Waals surface area contributed by atoms with Gasteiger partial charge in [-0.15, -0.1) is 0 Å². The van der Waals surface area contributed by atoms with Crippen molar-refractivity contribution in [2.75, 3.05) is 31.6 Å². The minimum Gasteiger partial charge on any atom is -0.492 e. The first-order valence-electron chi connectivity index (χ1n) is 12.0. The second-order valence-electron chi connectivity index (χ2n) is 9.83. The second-order valence-corrected chi connectivity index (χ2v) is 9.83. The molecule has 172 valence electrons. The molecular formula is C27H35FN2O2. The Morgan fingerprint density at radius 1 is 1.03 bits per heavy atom. The normalized spacial score (nSPS) is 23.1. The van der Waals surface area contributed by atoms with Crippen LogP contribution in [-0.4, -0.2) is 37.0 Å². The fourth-order valence-electron chi connectivity index (χ4n) is 5.55. The minimum atomic E-state index is -0.578. The lowest BCUT2D eigenvalue weighted by Crippen LogP contribution is -2.40. The number of anilines is 1. The number of hydrogen-bond acceptors (Lipinski definition) is 3. The molecular weight excluding hydrogens is 403 g/mol. The number of hydrogen-bond donors (Lipinski definition) is 1. The molecule has 1 N–H and O–H groups in total. The molecule has 0 bridgehead atoms. The molecule has 0 radical (unpaired) electrons. The molecule has 4 nitrogen and oxygen atoms in total. The molecule has 5 heteroatoms. The number of nitrogens with zero attached hydrogens (tertiary/aromatic N) is 1. The average Bonchev–Trinajstić information content (AvgIpc) is 3.26. The SMILES string of the molecule is C[C@@H]1C[C@H](C)CN(CCOc2ccc(NC(=O)C3(c4ccc(F)cc4)CCCC3)cc2)C1. The number of amides is 1. The van der Waals surface area contributed by atoms with E-state index < -0.39 is 5.41 Å². The van der Waals surface area contributed by atoms with Crippen molar-refractivity contribution in [2.24, 2.45) is 11.8 Å². The molecule has 2 atom stereocenters. The van der Waals surface area contributed by atoms with Crippen LogP contribution in [0.15, 0.2) is 48.5 Å². The van der Waals surface area contributed by atoms with Gasteiger partial charge in [0.25, 0.3) is 0 Å². The van der Waals surface area contributed by atoms with Gasteiger partial charge in [0.15, 0.2) is 0 Å². The van der Waals surface area contributed by atoms with Gasteiger partial charge in [0, 0.05) is 25.3 Å². The number of carbonyl (C=O) groups is 1. The summed E-state index contributed by atoms with van der Waals surface area (Å²) < 4.78 is 19.3. The van der Waals surface area contributed by atoms with Crippen LogP contribution in [0.1, 0.15) is 51.5 Å². The number of piperidine rings is 1. The van der Waals surface area contributed by atoms with Gasteiger partial charge in [-0.05, 0) is 73.1 Å². The molecule has 2 aromatic carbocycles. The maximum Gasteiger partial charge on any atom is 0.235 e. The van der Waals surface area contributed by atoms with Crippen LogP contribution < -0.4 is 10.1 Å². The van der Waals surface area contributed by atoms with Crippen molar-refractivity contribution in [1.82, 2.24) is 4.90 Å². The Bertz CT molecular complexity index is 881. The molecule has 2 fully saturated rings. The number of nitrogens with one attached hydrogen (secondary N) is 1. The summed E-state index contributed by atoms with van der Waals surface area (Å²) in [6.07, 6.45) is 4.91. The first-order chi connectivity index (χ1) is 15.4. The Labute approximate surface area is 191 Å². The van der Waals surface area contributed by atoms with Crippen molar-refractivity contribution < 1.29 is 13.9 Å². The summed E-state index contributed by atoms with van der Waals surface area (Å²) in [4.78, 5) is 15.8. The summed E-state index contributed by atoms with van der Waals surface area (Å²) >= 11 is 0. The largest absolute Gasteiger partial charge is 0.492 e. The molecule has 2 aromatic rings. The van der Waals surface area contributed by atoms with Crippen molar-refractivity contribution >= 4 is 11.6 Å². The van der Waals surface area contributed by atoms with Crippen LogP contribution >= 0.6 is 0 Å². The number of likely N-dealkylation sites (tertiary alicyclic amines) is 1. The molecule has 0 unspecified atom stereocenters. The van der Waals surface area contributed by atoms with E-state index >= 15 is 0 Å². The van der Waals surface area contributed by atoms with Gasteiger partial charge in [-0.1, -0.05) is 38.8 Å². The number of halogens is 1. The Morgan fingerprint density at radius 3 is 2.28 bits per heavy atom. The molecule has 1 heterocycles. The molecule has 1 aliphatic carbocycles. The zero-order chi connectivity index (χ0) is 22.6. The van der Waals surface area contributed by atoms with Gasteiger partial charge in [-0.3, -0.25) is 9.69 Å². The standard InChI is InChI=1S/C27H35FN2O2/c1-20-17-21(2)19-30(18-20)15-16-32-25-11-9-24(10-12-25)29-26(31)27(13-3-4-14-27)22-5-7-23(28)8-6-22/h5-12,20-21H,3-4,13-19H2,1-2H3,(H,29,31)/t20-,21+. The summed E-state index contributed by atoms with van der Waals surface area (Å²) in [7, 11) is 0. The van der Waals surface area contributed by atoms with E-state index in [1.807, 2.05) is 24.3 Å². The maximum atomic E-state index is 13.4. The predicted octanol–water partition coefficient (Wildman–Crippen LogP) is 5.63. The predicted molar refractivity (Wildman–Crippen MR) is 126 cm³/mol. The van der Waals surface area contributed by atoms with Crippen LogP contribution in [0.5, 0.6) is 5.75 Å². The maximum absolute atomic E-state index is 13.4. The van der Waals surface area contributed by atoms with Gasteiger partial charge in [0.2, 0.25) is 5.91 Å². The highest BCUT2D eigenvalue weighted by Crippen LogP contribution is 2.42. The first-order valence-corrected chi connectivity index (χ1v) is 12.0. The monoisotopic (exact) mass is 438 g/mol. The Hall–Kier alpha value is -2.40. The Kier molecular flexibility index (Phi) is 7.14. The minimum absolute atomic E-state index is 0.0105. The van der Waals surface area contributed by atoms with E-state index in [1.165, 1.54) is 18.6 Å². The molecule has 2 aliphatic rings. The number of rotatable bonds is 7. The second kappa shape index (κ2) is 10.0. The van der Waals surface area contributed by atoms with Gasteiger partial charge in [-0.2, -0.15) is 0 Å². The molecule has 32 heavy (non-hydrogen) atoms. The lowest BCUT2D eigenvalue weighted by Gasteiger charge is -2.34. The van der Waals surface area contributed by atoms with Crippen molar-refractivity contribution in [2.45, 2.75) is 51.4 Å². The van der Waals surface area contributed by atoms with E-state index in [-0.39, 0.29) is 11.7 Å². The zero-order valence-corrected chi connectivity index (χ0v) is 19.3. The summed E-state index contributed by atoms with van der Waals surface area (Å²) in [5.74, 6) is 2.03. The third-order valence-electron chi connectivity index (χ3n) is 7.02. The lowest BCUT2D eigenvalue weighted by molar-refractivity contribution is -0.121. The van der Waals surface area contributed by atoms with E-state index in [1.54, 1.807) is 12.1 Å². The van der Waals surface area contributed by atoms with Crippen LogP contribution in [-0.2, 0) is 10.2 Å². The van der Waals surface area contributed by atoms with Crippen LogP contribution in [0.3, 0.4) is 0 Å². The van der Waals surface area contributed by atoms with Crippen molar-refractivity contribution in [3.8, 4) is 5.75 Å². The summed E-state index contributed by atoms with van der Waals surface area (Å²) in [5.41, 5.74) is 1.08. The Morgan fingerprint density at radius 2 is 1.66 bits per heavy atom. The molecule has 0 aromatic heterocycles. The Balaban J connectivity index is 1.32. The highest BCUT2D eigenvalue weighted by atomic mass is 19.1. The topological polar surface area (TPSA) is 41.6 Å². The van der Waals surface area contributed by atoms with E-state index in [0.29, 0.717) is 6.61 Å². The van der Waals surface area contributed by atoms with Crippen LogP contribution in [0, 0.1) is 17.7 Å². The molecule has 4 rings (SSSR count). The fraction of sp³-hybridized carbons (Fsp3) is 0.519. The number of ether oxygens (including phenoxy) is 1. The van der Waals surface area contributed by atoms with E-state index in [9.17, 15) is 9.18 Å². The van der Waals surface area contributed by atoms with Crippen molar-refractivity contribution in [3.63, 3.8) is 0 Å². The van der Waals surface area contributed by atoms with Crippen molar-refractivity contribution in [1.29, 1.82) is 0 Å². The van der Waals surface area contributed by atoms with Gasteiger partial charge < -0.3 is 10.1 Å². The molecule has 1 aliphatic heterocycles. The van der Waals surface area contributed by atoms with Crippen molar-refractivity contribution in [3.05, 3.63) is 59.9 Å². The summed E-state index contributed by atoms with van der Waals surface area (Å²) in [6.45, 7) is 8.54. The number of benzene rings is 2. The molecule has 1 saturated heterocycles. The van der Waals surface area contributed by atoms with Gasteiger partial charge >= 0.3 is 0 Å². The third kappa shape index (κ3) is 5.32. The average molecular weight is 439 g/mol. The lowest BCUT2D eigenvalue weighted by atomic mass is 9.78. The quantitative estimate of drug-likeness (QED) is 0.609. The van der Waals surface area contributed by atoms with Gasteiger partial charge in [0.1, 0.15) is 18.2 Å². The third-order valence-corrected chi connectivity index (χ3v) is 7.02. The number of carbonyl (C=O) groups excluding carboxylic acids is 1. The highest BCUT2D eigenvalue weighted by molar-refractivity contribution is 5.99. The first kappa shape index (κ1) is 22.8. The van der Waals surface area contributed by atoms with E-state index in [0.717, 1.165) is 74.2 Å². The van der Waals surface area contributed by atoms with Crippen LogP contribution in [0.25, 0.3) is 0 Å².